The van der Waals surface area contributed by atoms with Crippen molar-refractivity contribution in [2.45, 2.75) is 23.5 Å². The molecule has 1 aliphatic rings. The highest BCUT2D eigenvalue weighted by Gasteiger charge is 2.17. The highest BCUT2D eigenvalue weighted by Crippen LogP contribution is 2.39. The number of benzene rings is 1. The standard InChI is InChI=1S/C16H19NO3S/c1-11-3-5-14(20-11)16(10-17)21-12-4-6-13-15(9-12)19-8-2-7-18-13/h3-6,9,16H,2,7-8,10,17H2,1H3. The molecular formula is C16H19NO3S. The van der Waals surface area contributed by atoms with E-state index in [9.17, 15) is 0 Å². The van der Waals surface area contributed by atoms with E-state index in [-0.39, 0.29) is 5.25 Å². The molecule has 0 amide bonds. The van der Waals surface area contributed by atoms with Gasteiger partial charge in [-0.1, -0.05) is 0 Å². The van der Waals surface area contributed by atoms with Crippen molar-refractivity contribution in [3.05, 3.63) is 41.9 Å². The molecule has 0 aliphatic carbocycles. The Hall–Kier alpha value is -1.59. The summed E-state index contributed by atoms with van der Waals surface area (Å²) in [6.07, 6.45) is 0.911. The second kappa shape index (κ2) is 6.45. The maximum Gasteiger partial charge on any atom is 0.162 e. The quantitative estimate of drug-likeness (QED) is 0.876. The second-order valence-electron chi connectivity index (χ2n) is 4.95. The van der Waals surface area contributed by atoms with Gasteiger partial charge in [-0.25, -0.2) is 0 Å². The molecule has 0 saturated heterocycles. The van der Waals surface area contributed by atoms with Gasteiger partial charge >= 0.3 is 0 Å². The van der Waals surface area contributed by atoms with Crippen molar-refractivity contribution in [2.75, 3.05) is 19.8 Å². The first kappa shape index (κ1) is 14.4. The van der Waals surface area contributed by atoms with E-state index in [0.29, 0.717) is 19.8 Å². The average Bonchev–Trinajstić information content (AvgIpc) is 2.79. The lowest BCUT2D eigenvalue weighted by molar-refractivity contribution is 0.297. The van der Waals surface area contributed by atoms with Crippen LogP contribution in [-0.2, 0) is 0 Å². The van der Waals surface area contributed by atoms with Gasteiger partial charge in [0.05, 0.1) is 18.5 Å². The molecule has 0 radical (unpaired) electrons. The maximum atomic E-state index is 5.89. The van der Waals surface area contributed by atoms with Crippen molar-refractivity contribution in [3.8, 4) is 11.5 Å². The molecule has 2 N–H and O–H groups in total. The molecule has 1 aliphatic heterocycles. The Morgan fingerprint density at radius 3 is 2.67 bits per heavy atom. The number of furan rings is 1. The third-order valence-electron chi connectivity index (χ3n) is 3.29. The number of aryl methyl sites for hydroxylation is 1. The van der Waals surface area contributed by atoms with E-state index in [1.54, 1.807) is 11.8 Å². The zero-order valence-electron chi connectivity index (χ0n) is 12.0. The van der Waals surface area contributed by atoms with Crippen molar-refractivity contribution in [3.63, 3.8) is 0 Å². The molecule has 0 bridgehead atoms. The molecular weight excluding hydrogens is 286 g/mol. The summed E-state index contributed by atoms with van der Waals surface area (Å²) in [5, 5.41) is 0.100. The summed E-state index contributed by atoms with van der Waals surface area (Å²) in [5.74, 6) is 3.44. The Morgan fingerprint density at radius 2 is 1.95 bits per heavy atom. The van der Waals surface area contributed by atoms with E-state index in [4.69, 9.17) is 19.6 Å². The number of hydrogen-bond donors (Lipinski definition) is 1. The topological polar surface area (TPSA) is 57.6 Å². The van der Waals surface area contributed by atoms with Gasteiger partial charge in [0, 0.05) is 17.9 Å². The van der Waals surface area contributed by atoms with Gasteiger partial charge in [-0.15, -0.1) is 11.8 Å². The van der Waals surface area contributed by atoms with Crippen LogP contribution < -0.4 is 15.2 Å². The van der Waals surface area contributed by atoms with Crippen LogP contribution in [0.25, 0.3) is 0 Å². The van der Waals surface area contributed by atoms with E-state index in [0.717, 1.165) is 34.3 Å². The first-order valence-electron chi connectivity index (χ1n) is 7.09. The average molecular weight is 305 g/mol. The zero-order chi connectivity index (χ0) is 14.7. The molecule has 0 spiro atoms. The number of fused-ring (bicyclic) bond motifs is 1. The Labute approximate surface area is 128 Å². The van der Waals surface area contributed by atoms with Gasteiger partial charge in [-0.2, -0.15) is 0 Å². The third kappa shape index (κ3) is 3.36. The maximum absolute atomic E-state index is 5.89. The summed E-state index contributed by atoms with van der Waals surface area (Å²) in [5.41, 5.74) is 5.89. The monoisotopic (exact) mass is 305 g/mol. The molecule has 1 atom stereocenters. The predicted octanol–water partition coefficient (Wildman–Crippen LogP) is 3.54. The summed E-state index contributed by atoms with van der Waals surface area (Å²) in [7, 11) is 0. The van der Waals surface area contributed by atoms with Crippen molar-refractivity contribution in [1.29, 1.82) is 0 Å². The van der Waals surface area contributed by atoms with Crippen molar-refractivity contribution < 1.29 is 13.9 Å². The van der Waals surface area contributed by atoms with Gasteiger partial charge < -0.3 is 19.6 Å². The van der Waals surface area contributed by atoms with Gasteiger partial charge in [0.25, 0.3) is 0 Å². The summed E-state index contributed by atoms with van der Waals surface area (Å²) in [6.45, 7) is 3.86. The molecule has 4 nitrogen and oxygen atoms in total. The van der Waals surface area contributed by atoms with E-state index >= 15 is 0 Å². The Kier molecular flexibility index (Phi) is 4.41. The summed E-state index contributed by atoms with van der Waals surface area (Å²) in [4.78, 5) is 1.10. The fraction of sp³-hybridized carbons (Fsp3) is 0.375. The minimum absolute atomic E-state index is 0.100. The molecule has 112 valence electrons. The first-order valence-corrected chi connectivity index (χ1v) is 7.97. The Morgan fingerprint density at radius 1 is 1.14 bits per heavy atom. The van der Waals surface area contributed by atoms with E-state index in [2.05, 4.69) is 0 Å². The molecule has 3 rings (SSSR count). The fourth-order valence-corrected chi connectivity index (χ4v) is 3.22. The largest absolute Gasteiger partial charge is 0.490 e. The van der Waals surface area contributed by atoms with Gasteiger partial charge in [0.2, 0.25) is 0 Å². The minimum Gasteiger partial charge on any atom is -0.490 e. The normalized spacial score (nSPS) is 15.5. The van der Waals surface area contributed by atoms with Crippen LogP contribution in [0.4, 0.5) is 0 Å². The number of ether oxygens (including phenoxy) is 2. The van der Waals surface area contributed by atoms with Crippen LogP contribution in [0.2, 0.25) is 0 Å². The van der Waals surface area contributed by atoms with E-state index < -0.39 is 0 Å². The Balaban J connectivity index is 1.79. The second-order valence-corrected chi connectivity index (χ2v) is 6.23. The highest BCUT2D eigenvalue weighted by atomic mass is 32.2. The summed E-state index contributed by atoms with van der Waals surface area (Å²) >= 11 is 1.68. The van der Waals surface area contributed by atoms with E-state index in [1.807, 2.05) is 37.3 Å². The number of nitrogens with two attached hydrogens (primary N) is 1. The molecule has 0 fully saturated rings. The van der Waals surface area contributed by atoms with Crippen LogP contribution in [0.15, 0.2) is 39.6 Å². The van der Waals surface area contributed by atoms with Crippen molar-refractivity contribution in [2.24, 2.45) is 5.73 Å². The van der Waals surface area contributed by atoms with Crippen molar-refractivity contribution in [1.82, 2.24) is 0 Å². The number of rotatable bonds is 4. The fourth-order valence-electron chi connectivity index (χ4n) is 2.23. The van der Waals surface area contributed by atoms with Gasteiger partial charge in [0.1, 0.15) is 11.5 Å². The van der Waals surface area contributed by atoms with Crippen LogP contribution in [0, 0.1) is 6.92 Å². The SMILES string of the molecule is Cc1ccc(C(CN)Sc2ccc3c(c2)OCCCO3)o1. The number of hydrogen-bond acceptors (Lipinski definition) is 5. The van der Waals surface area contributed by atoms with Crippen LogP contribution in [0.5, 0.6) is 11.5 Å². The lowest BCUT2D eigenvalue weighted by Gasteiger charge is -2.14. The van der Waals surface area contributed by atoms with Crippen LogP contribution >= 0.6 is 11.8 Å². The Bertz CT molecular complexity index is 611. The summed E-state index contributed by atoms with van der Waals surface area (Å²) in [6, 6.07) is 9.97. The summed E-state index contributed by atoms with van der Waals surface area (Å²) < 4.78 is 17.1. The van der Waals surface area contributed by atoms with Crippen LogP contribution in [-0.4, -0.2) is 19.8 Å². The minimum atomic E-state index is 0.100. The molecule has 1 aromatic carbocycles. The van der Waals surface area contributed by atoms with Crippen LogP contribution in [0.1, 0.15) is 23.2 Å². The van der Waals surface area contributed by atoms with Gasteiger partial charge in [-0.3, -0.25) is 0 Å². The predicted molar refractivity (Wildman–Crippen MR) is 83.1 cm³/mol. The lowest BCUT2D eigenvalue weighted by Crippen LogP contribution is -2.08. The molecule has 21 heavy (non-hydrogen) atoms. The highest BCUT2D eigenvalue weighted by molar-refractivity contribution is 7.99. The molecule has 1 unspecified atom stereocenters. The molecule has 1 aromatic heterocycles. The van der Waals surface area contributed by atoms with Gasteiger partial charge in [-0.05, 0) is 37.3 Å². The smallest absolute Gasteiger partial charge is 0.162 e. The van der Waals surface area contributed by atoms with E-state index in [1.165, 1.54) is 0 Å². The molecule has 2 heterocycles. The molecule has 5 heteroatoms. The zero-order valence-corrected chi connectivity index (χ0v) is 12.8. The number of thioether (sulfide) groups is 1. The van der Waals surface area contributed by atoms with Crippen LogP contribution in [0.3, 0.4) is 0 Å². The van der Waals surface area contributed by atoms with Crippen molar-refractivity contribution >= 4 is 11.8 Å². The van der Waals surface area contributed by atoms with Gasteiger partial charge in [0.15, 0.2) is 11.5 Å². The molecule has 0 saturated carbocycles. The molecule has 2 aromatic rings. The lowest BCUT2D eigenvalue weighted by atomic mass is 10.3. The first-order chi connectivity index (χ1) is 10.3. The third-order valence-corrected chi connectivity index (χ3v) is 4.53.